The fourth-order valence-electron chi connectivity index (χ4n) is 2.11. The van der Waals surface area contributed by atoms with Crippen molar-refractivity contribution in [2.75, 3.05) is 6.61 Å². The van der Waals surface area contributed by atoms with Crippen LogP contribution in [-0.2, 0) is 4.79 Å². The maximum atomic E-state index is 13.7. The molecule has 1 atom stereocenters. The summed E-state index contributed by atoms with van der Waals surface area (Å²) < 4.78 is 19.6. The number of carbonyl (C=O) groups excluding carboxylic acids is 1. The maximum Gasteiger partial charge on any atom is 0.258 e. The number of rotatable bonds is 5. The van der Waals surface area contributed by atoms with E-state index in [1.54, 1.807) is 17.4 Å². The predicted octanol–water partition coefficient (Wildman–Crippen LogP) is 4.93. The molecule has 1 aromatic heterocycles. The number of halogens is 2. The van der Waals surface area contributed by atoms with E-state index in [1.165, 1.54) is 12.1 Å². The van der Waals surface area contributed by atoms with Crippen LogP contribution in [0.3, 0.4) is 0 Å². The van der Waals surface area contributed by atoms with Crippen LogP contribution in [-0.4, -0.2) is 12.5 Å². The van der Waals surface area contributed by atoms with E-state index in [0.717, 1.165) is 4.88 Å². The number of nitrogens with one attached hydrogen (secondary N) is 1. The zero-order valence-electron chi connectivity index (χ0n) is 13.2. The van der Waals surface area contributed by atoms with Gasteiger partial charge in [0, 0.05) is 9.35 Å². The average Bonchev–Trinajstić information content (AvgIpc) is 2.96. The van der Waals surface area contributed by atoms with Crippen molar-refractivity contribution in [2.24, 2.45) is 5.41 Å². The molecule has 2 aromatic rings. The minimum absolute atomic E-state index is 0.0618. The highest BCUT2D eigenvalue weighted by Gasteiger charge is 2.28. The number of benzene rings is 1. The van der Waals surface area contributed by atoms with Crippen LogP contribution in [0, 0.1) is 11.2 Å². The second-order valence-corrected chi connectivity index (χ2v) is 8.14. The Bertz CT molecular complexity index is 668. The van der Waals surface area contributed by atoms with Gasteiger partial charge in [-0.1, -0.05) is 42.8 Å². The lowest BCUT2D eigenvalue weighted by atomic mass is 9.86. The molecular weight excluding hydrogens is 381 g/mol. The summed E-state index contributed by atoms with van der Waals surface area (Å²) in [5, 5.41) is 4.96. The molecule has 1 aromatic carbocycles. The molecule has 0 aliphatic heterocycles. The first-order valence-electron chi connectivity index (χ1n) is 7.18. The number of amides is 1. The lowest BCUT2D eigenvalue weighted by Gasteiger charge is -2.30. The monoisotopic (exact) mass is 399 g/mol. The Kier molecular flexibility index (Phi) is 5.81. The van der Waals surface area contributed by atoms with Gasteiger partial charge in [0.1, 0.15) is 0 Å². The van der Waals surface area contributed by atoms with Gasteiger partial charge in [-0.3, -0.25) is 4.79 Å². The minimum Gasteiger partial charge on any atom is -0.481 e. The molecule has 0 saturated heterocycles. The van der Waals surface area contributed by atoms with E-state index in [2.05, 4.69) is 42.0 Å². The molecule has 1 heterocycles. The Morgan fingerprint density at radius 3 is 2.70 bits per heavy atom. The standard InChI is InChI=1S/C17H19BrFNO2S/c1-17(2,3)16(14-5-4-8-23-14)20-15(21)10-22-13-7-6-11(18)9-12(13)19/h4-9,16H,10H2,1-3H3,(H,20,21). The van der Waals surface area contributed by atoms with Crippen molar-refractivity contribution >= 4 is 33.2 Å². The lowest BCUT2D eigenvalue weighted by Crippen LogP contribution is -2.38. The van der Waals surface area contributed by atoms with Crippen molar-refractivity contribution in [3.8, 4) is 5.75 Å². The van der Waals surface area contributed by atoms with Gasteiger partial charge >= 0.3 is 0 Å². The molecule has 1 N–H and O–H groups in total. The third kappa shape index (κ3) is 5.04. The van der Waals surface area contributed by atoms with Crippen LogP contribution < -0.4 is 10.1 Å². The van der Waals surface area contributed by atoms with E-state index in [4.69, 9.17) is 4.74 Å². The predicted molar refractivity (Wildman–Crippen MR) is 94.3 cm³/mol. The summed E-state index contributed by atoms with van der Waals surface area (Å²) in [5.41, 5.74) is -0.136. The van der Waals surface area contributed by atoms with Crippen LogP contribution in [0.15, 0.2) is 40.2 Å². The Balaban J connectivity index is 2.00. The normalized spacial score (nSPS) is 12.7. The molecule has 1 unspecified atom stereocenters. The number of hydrogen-bond acceptors (Lipinski definition) is 3. The molecule has 0 aliphatic carbocycles. The summed E-state index contributed by atoms with van der Waals surface area (Å²) >= 11 is 4.78. The van der Waals surface area contributed by atoms with E-state index < -0.39 is 5.82 Å². The van der Waals surface area contributed by atoms with Crippen LogP contribution in [0.4, 0.5) is 4.39 Å². The van der Waals surface area contributed by atoms with Crippen molar-refractivity contribution < 1.29 is 13.9 Å². The third-order valence-corrected chi connectivity index (χ3v) is 4.68. The Labute approximate surface area is 148 Å². The number of hydrogen-bond donors (Lipinski definition) is 1. The van der Waals surface area contributed by atoms with Crippen molar-refractivity contribution in [1.29, 1.82) is 0 Å². The zero-order valence-corrected chi connectivity index (χ0v) is 15.6. The van der Waals surface area contributed by atoms with Crippen molar-refractivity contribution in [2.45, 2.75) is 26.8 Å². The van der Waals surface area contributed by atoms with Crippen LogP contribution in [0.5, 0.6) is 5.75 Å². The summed E-state index contributed by atoms with van der Waals surface area (Å²) in [6.07, 6.45) is 0. The molecule has 0 spiro atoms. The van der Waals surface area contributed by atoms with Crippen molar-refractivity contribution in [1.82, 2.24) is 5.32 Å². The van der Waals surface area contributed by atoms with E-state index in [9.17, 15) is 9.18 Å². The van der Waals surface area contributed by atoms with Gasteiger partial charge in [0.25, 0.3) is 5.91 Å². The molecule has 0 radical (unpaired) electrons. The molecule has 0 fully saturated rings. The quantitative estimate of drug-likeness (QED) is 0.773. The van der Waals surface area contributed by atoms with Crippen LogP contribution in [0.25, 0.3) is 0 Å². The Hall–Kier alpha value is -1.40. The fraction of sp³-hybridized carbons (Fsp3) is 0.353. The highest BCUT2D eigenvalue weighted by molar-refractivity contribution is 9.10. The molecule has 124 valence electrons. The van der Waals surface area contributed by atoms with Gasteiger partial charge in [-0.2, -0.15) is 0 Å². The second kappa shape index (κ2) is 7.45. The van der Waals surface area contributed by atoms with Crippen LogP contribution >= 0.6 is 27.3 Å². The summed E-state index contributed by atoms with van der Waals surface area (Å²) in [5.74, 6) is -0.717. The van der Waals surface area contributed by atoms with E-state index in [1.807, 2.05) is 17.5 Å². The topological polar surface area (TPSA) is 38.3 Å². The largest absolute Gasteiger partial charge is 0.481 e. The molecule has 6 heteroatoms. The summed E-state index contributed by atoms with van der Waals surface area (Å²) in [6, 6.07) is 8.30. The summed E-state index contributed by atoms with van der Waals surface area (Å²) in [7, 11) is 0. The zero-order chi connectivity index (χ0) is 17.0. The Morgan fingerprint density at radius 2 is 2.13 bits per heavy atom. The molecule has 1 amide bonds. The van der Waals surface area contributed by atoms with Crippen LogP contribution in [0.2, 0.25) is 0 Å². The lowest BCUT2D eigenvalue weighted by molar-refractivity contribution is -0.124. The Morgan fingerprint density at radius 1 is 1.39 bits per heavy atom. The first-order chi connectivity index (χ1) is 10.8. The number of ether oxygens (including phenoxy) is 1. The fourth-order valence-corrected chi connectivity index (χ4v) is 3.46. The van der Waals surface area contributed by atoms with Gasteiger partial charge in [-0.25, -0.2) is 4.39 Å². The second-order valence-electron chi connectivity index (χ2n) is 6.25. The summed E-state index contributed by atoms with van der Waals surface area (Å²) in [6.45, 7) is 5.96. The number of carbonyl (C=O) groups is 1. The van der Waals surface area contributed by atoms with Crippen molar-refractivity contribution in [3.63, 3.8) is 0 Å². The van der Waals surface area contributed by atoms with E-state index >= 15 is 0 Å². The maximum absolute atomic E-state index is 13.7. The first-order valence-corrected chi connectivity index (χ1v) is 8.85. The molecule has 3 nitrogen and oxygen atoms in total. The molecule has 0 bridgehead atoms. The van der Waals surface area contributed by atoms with Gasteiger partial charge in [0.15, 0.2) is 18.2 Å². The van der Waals surface area contributed by atoms with Gasteiger partial charge in [-0.15, -0.1) is 11.3 Å². The summed E-state index contributed by atoms with van der Waals surface area (Å²) in [4.78, 5) is 13.3. The molecule has 0 aliphatic rings. The SMILES string of the molecule is CC(C)(C)C(NC(=O)COc1ccc(Br)cc1F)c1cccs1. The van der Waals surface area contributed by atoms with Gasteiger partial charge in [0.2, 0.25) is 0 Å². The number of thiophene rings is 1. The highest BCUT2D eigenvalue weighted by atomic mass is 79.9. The first kappa shape index (κ1) is 17.9. The third-order valence-electron chi connectivity index (χ3n) is 3.25. The van der Waals surface area contributed by atoms with Gasteiger partial charge < -0.3 is 10.1 Å². The van der Waals surface area contributed by atoms with Crippen molar-refractivity contribution in [3.05, 3.63) is 50.9 Å². The smallest absolute Gasteiger partial charge is 0.258 e. The minimum atomic E-state index is -0.502. The molecular formula is C17H19BrFNO2S. The van der Waals surface area contributed by atoms with Gasteiger partial charge in [0.05, 0.1) is 6.04 Å². The molecule has 23 heavy (non-hydrogen) atoms. The molecule has 0 saturated carbocycles. The van der Waals surface area contributed by atoms with Crippen LogP contribution in [0.1, 0.15) is 31.7 Å². The van der Waals surface area contributed by atoms with Gasteiger partial charge in [-0.05, 0) is 35.1 Å². The van der Waals surface area contributed by atoms with E-state index in [-0.39, 0.29) is 29.7 Å². The highest BCUT2D eigenvalue weighted by Crippen LogP contribution is 2.35. The molecule has 2 rings (SSSR count). The van der Waals surface area contributed by atoms with E-state index in [0.29, 0.717) is 4.47 Å². The average molecular weight is 400 g/mol.